The van der Waals surface area contributed by atoms with Crippen LogP contribution in [-0.2, 0) is 23.9 Å². The summed E-state index contributed by atoms with van der Waals surface area (Å²) >= 11 is 1.07. The molecule has 0 aliphatic rings. The summed E-state index contributed by atoms with van der Waals surface area (Å²) in [6.07, 6.45) is -3.90. The van der Waals surface area contributed by atoms with Crippen molar-refractivity contribution in [3.8, 4) is 0 Å². The molecule has 0 saturated carbocycles. The number of thioether (sulfide) groups is 1. The smallest absolute Gasteiger partial charge is 0.325 e. The summed E-state index contributed by atoms with van der Waals surface area (Å²) in [5, 5.41) is 3.33. The molecule has 0 atom stereocenters. The van der Waals surface area contributed by atoms with E-state index in [1.54, 1.807) is 24.3 Å². The number of hydrogen-bond donors (Lipinski definition) is 1. The highest BCUT2D eigenvalue weighted by Gasteiger charge is 2.30. The van der Waals surface area contributed by atoms with E-state index in [-0.39, 0.29) is 17.0 Å². The lowest BCUT2D eigenvalue weighted by Crippen LogP contribution is -2.25. The van der Waals surface area contributed by atoms with E-state index in [4.69, 9.17) is 0 Å². The summed E-state index contributed by atoms with van der Waals surface area (Å²) < 4.78 is 40.3. The van der Waals surface area contributed by atoms with E-state index in [2.05, 4.69) is 10.3 Å². The average Bonchev–Trinajstić information content (AvgIpc) is 2.82. The van der Waals surface area contributed by atoms with Crippen molar-refractivity contribution < 1.29 is 18.0 Å². The first kappa shape index (κ1) is 23.6. The second kappa shape index (κ2) is 10.1. The summed E-state index contributed by atoms with van der Waals surface area (Å²) in [7, 11) is 0. The van der Waals surface area contributed by atoms with Gasteiger partial charge in [0.1, 0.15) is 0 Å². The molecule has 4 rings (SSSR count). The molecule has 0 aliphatic carbocycles. The van der Waals surface area contributed by atoms with Crippen molar-refractivity contribution in [1.29, 1.82) is 0 Å². The standard InChI is InChI=1S/C25H20F3N3O2S/c26-25(27,28)18-9-6-10-19(15-18)29-22(32)16-34-24-30-21-12-5-4-11-20(21)23(33)31(24)14-13-17-7-2-1-3-8-17/h1-12,15H,13-14,16H2,(H,29,32). The van der Waals surface area contributed by atoms with Crippen molar-refractivity contribution in [3.63, 3.8) is 0 Å². The van der Waals surface area contributed by atoms with Crippen LogP contribution in [0.5, 0.6) is 0 Å². The topological polar surface area (TPSA) is 64.0 Å². The van der Waals surface area contributed by atoms with E-state index >= 15 is 0 Å². The summed E-state index contributed by atoms with van der Waals surface area (Å²) in [5.41, 5.74) is 0.574. The van der Waals surface area contributed by atoms with Gasteiger partial charge in [-0.2, -0.15) is 13.2 Å². The SMILES string of the molecule is O=C(CSc1nc2ccccc2c(=O)n1CCc1ccccc1)Nc1cccc(C(F)(F)F)c1. The normalized spacial score (nSPS) is 11.5. The van der Waals surface area contributed by atoms with Crippen LogP contribution in [0.2, 0.25) is 0 Å². The van der Waals surface area contributed by atoms with Crippen LogP contribution in [0.3, 0.4) is 0 Å². The number of para-hydroxylation sites is 1. The Morgan fingerprint density at radius 3 is 2.47 bits per heavy atom. The monoisotopic (exact) mass is 483 g/mol. The summed E-state index contributed by atoms with van der Waals surface area (Å²) in [5.74, 6) is -0.617. The summed E-state index contributed by atoms with van der Waals surface area (Å²) in [4.78, 5) is 30.2. The van der Waals surface area contributed by atoms with Crippen molar-refractivity contribution in [1.82, 2.24) is 9.55 Å². The van der Waals surface area contributed by atoms with Crippen LogP contribution in [0.4, 0.5) is 18.9 Å². The maximum absolute atomic E-state index is 13.1. The van der Waals surface area contributed by atoms with Crippen LogP contribution < -0.4 is 10.9 Å². The van der Waals surface area contributed by atoms with E-state index in [0.29, 0.717) is 29.0 Å². The zero-order chi connectivity index (χ0) is 24.1. The molecular formula is C25H20F3N3O2S. The van der Waals surface area contributed by atoms with Crippen molar-refractivity contribution in [2.75, 3.05) is 11.1 Å². The van der Waals surface area contributed by atoms with Crippen LogP contribution in [-0.4, -0.2) is 21.2 Å². The number of fused-ring (bicyclic) bond motifs is 1. The largest absolute Gasteiger partial charge is 0.416 e. The van der Waals surface area contributed by atoms with E-state index in [1.165, 1.54) is 16.7 Å². The first-order valence-electron chi connectivity index (χ1n) is 10.4. The minimum atomic E-state index is -4.50. The summed E-state index contributed by atoms with van der Waals surface area (Å²) in [6, 6.07) is 21.1. The highest BCUT2D eigenvalue weighted by Crippen LogP contribution is 2.30. The molecule has 4 aromatic rings. The molecule has 0 unspecified atom stereocenters. The second-order valence-electron chi connectivity index (χ2n) is 7.52. The lowest BCUT2D eigenvalue weighted by atomic mass is 10.1. The number of nitrogens with one attached hydrogen (secondary N) is 1. The summed E-state index contributed by atoms with van der Waals surface area (Å²) in [6.45, 7) is 0.373. The van der Waals surface area contributed by atoms with Gasteiger partial charge in [0.15, 0.2) is 5.16 Å². The minimum Gasteiger partial charge on any atom is -0.325 e. The molecule has 1 aromatic heterocycles. The fraction of sp³-hybridized carbons (Fsp3) is 0.160. The Hall–Kier alpha value is -3.59. The minimum absolute atomic E-state index is 0.0494. The van der Waals surface area contributed by atoms with Gasteiger partial charge in [0.05, 0.1) is 22.2 Å². The zero-order valence-corrected chi connectivity index (χ0v) is 18.7. The Labute approximate surface area is 197 Å². The highest BCUT2D eigenvalue weighted by atomic mass is 32.2. The fourth-order valence-electron chi connectivity index (χ4n) is 3.44. The highest BCUT2D eigenvalue weighted by molar-refractivity contribution is 7.99. The number of nitrogens with zero attached hydrogens (tertiary/aromatic N) is 2. The van der Waals surface area contributed by atoms with Gasteiger partial charge in [-0.05, 0) is 42.3 Å². The Morgan fingerprint density at radius 1 is 0.971 bits per heavy atom. The number of carbonyl (C=O) groups is 1. The molecule has 0 spiro atoms. The van der Waals surface area contributed by atoms with Gasteiger partial charge in [-0.15, -0.1) is 0 Å². The van der Waals surface area contributed by atoms with Gasteiger partial charge in [0.25, 0.3) is 5.56 Å². The quantitative estimate of drug-likeness (QED) is 0.283. The predicted octanol–water partition coefficient (Wildman–Crippen LogP) is 5.39. The fourth-order valence-corrected chi connectivity index (χ4v) is 4.27. The maximum Gasteiger partial charge on any atom is 0.416 e. The molecule has 3 aromatic carbocycles. The van der Waals surface area contributed by atoms with Crippen LogP contribution >= 0.6 is 11.8 Å². The number of amides is 1. The van der Waals surface area contributed by atoms with Crippen LogP contribution in [0.25, 0.3) is 10.9 Å². The molecule has 1 heterocycles. The molecule has 0 bridgehead atoms. The molecule has 9 heteroatoms. The Bertz CT molecular complexity index is 1370. The molecule has 0 saturated heterocycles. The van der Waals surface area contributed by atoms with Gasteiger partial charge in [0.2, 0.25) is 5.91 Å². The number of anilines is 1. The number of halogens is 3. The number of rotatable bonds is 7. The number of carbonyl (C=O) groups excluding carboxylic acids is 1. The van der Waals surface area contributed by atoms with Gasteiger partial charge >= 0.3 is 6.18 Å². The van der Waals surface area contributed by atoms with Gasteiger partial charge in [-0.25, -0.2) is 4.98 Å². The number of aryl methyl sites for hydroxylation is 1. The molecule has 0 radical (unpaired) electrons. The van der Waals surface area contributed by atoms with E-state index in [0.717, 1.165) is 29.5 Å². The maximum atomic E-state index is 13.1. The predicted molar refractivity (Wildman–Crippen MR) is 127 cm³/mol. The number of hydrogen-bond acceptors (Lipinski definition) is 4. The van der Waals surface area contributed by atoms with E-state index in [9.17, 15) is 22.8 Å². The zero-order valence-electron chi connectivity index (χ0n) is 17.9. The molecule has 0 fully saturated rings. The molecule has 1 amide bonds. The molecule has 174 valence electrons. The third kappa shape index (κ3) is 5.66. The van der Waals surface area contributed by atoms with E-state index in [1.807, 2.05) is 30.3 Å². The number of aromatic nitrogens is 2. The molecule has 1 N–H and O–H groups in total. The van der Waals surface area contributed by atoms with Gasteiger partial charge < -0.3 is 5.32 Å². The Kier molecular flexibility index (Phi) is 7.02. The number of alkyl halides is 3. The average molecular weight is 484 g/mol. The third-order valence-electron chi connectivity index (χ3n) is 5.10. The third-order valence-corrected chi connectivity index (χ3v) is 6.08. The van der Waals surface area contributed by atoms with Crippen molar-refractivity contribution in [2.24, 2.45) is 0 Å². The molecular weight excluding hydrogens is 463 g/mol. The van der Waals surface area contributed by atoms with Gasteiger partial charge in [-0.1, -0.05) is 60.3 Å². The van der Waals surface area contributed by atoms with Crippen LogP contribution in [0.15, 0.2) is 88.8 Å². The van der Waals surface area contributed by atoms with E-state index < -0.39 is 17.6 Å². The first-order chi connectivity index (χ1) is 16.3. The van der Waals surface area contributed by atoms with Crippen LogP contribution in [0, 0.1) is 0 Å². The molecule has 34 heavy (non-hydrogen) atoms. The van der Waals surface area contributed by atoms with Crippen molar-refractivity contribution >= 4 is 34.3 Å². The Morgan fingerprint density at radius 2 is 1.71 bits per heavy atom. The number of benzene rings is 3. The first-order valence-corrected chi connectivity index (χ1v) is 11.4. The van der Waals surface area contributed by atoms with Gasteiger partial charge in [0, 0.05) is 12.2 Å². The molecule has 0 aliphatic heterocycles. The van der Waals surface area contributed by atoms with Crippen LogP contribution in [0.1, 0.15) is 11.1 Å². The van der Waals surface area contributed by atoms with Gasteiger partial charge in [-0.3, -0.25) is 14.2 Å². The second-order valence-corrected chi connectivity index (χ2v) is 8.46. The van der Waals surface area contributed by atoms with Crippen molar-refractivity contribution in [2.45, 2.75) is 24.3 Å². The Balaban J connectivity index is 1.53. The lowest BCUT2D eigenvalue weighted by Gasteiger charge is -2.13. The molecule has 5 nitrogen and oxygen atoms in total. The van der Waals surface area contributed by atoms with Crippen molar-refractivity contribution in [3.05, 3.63) is 100 Å². The lowest BCUT2D eigenvalue weighted by molar-refractivity contribution is -0.137.